The van der Waals surface area contributed by atoms with Crippen LogP contribution >= 0.6 is 0 Å². The third kappa shape index (κ3) is 2.82. The van der Waals surface area contributed by atoms with Crippen LogP contribution < -0.4 is 0 Å². The first kappa shape index (κ1) is 13.8. The molecule has 21 heavy (non-hydrogen) atoms. The van der Waals surface area contributed by atoms with Gasteiger partial charge in [-0.3, -0.25) is 9.36 Å². The van der Waals surface area contributed by atoms with Gasteiger partial charge in [0.25, 0.3) is 0 Å². The molecule has 0 aromatic carbocycles. The van der Waals surface area contributed by atoms with Gasteiger partial charge >= 0.3 is 0 Å². The maximum atomic E-state index is 13.4. The predicted octanol–water partition coefficient (Wildman–Crippen LogP) is 3.26. The Morgan fingerprint density at radius 3 is 2.86 bits per heavy atom. The normalized spacial score (nSPS) is 18.6. The SMILES string of the molecule is CC1=CC(c2cnn(Cc3cc(C)nn3C)c2)CC=C1F. The monoisotopic (exact) mass is 286 g/mol. The van der Waals surface area contributed by atoms with Crippen LogP contribution in [-0.4, -0.2) is 19.6 Å². The Labute approximate surface area is 123 Å². The van der Waals surface area contributed by atoms with Gasteiger partial charge in [0.2, 0.25) is 0 Å². The highest BCUT2D eigenvalue weighted by Crippen LogP contribution is 2.30. The van der Waals surface area contributed by atoms with Crippen LogP contribution in [0.1, 0.15) is 36.2 Å². The van der Waals surface area contributed by atoms with Gasteiger partial charge in [0.05, 0.1) is 24.1 Å². The Balaban J connectivity index is 1.77. The molecule has 5 heteroatoms. The Hall–Kier alpha value is -2.17. The Bertz CT molecular complexity index is 720. The van der Waals surface area contributed by atoms with E-state index < -0.39 is 0 Å². The molecule has 2 aromatic heterocycles. The molecule has 0 radical (unpaired) electrons. The number of allylic oxidation sites excluding steroid dienone is 4. The first-order valence-electron chi connectivity index (χ1n) is 7.09. The van der Waals surface area contributed by atoms with Crippen LogP contribution in [0.5, 0.6) is 0 Å². The summed E-state index contributed by atoms with van der Waals surface area (Å²) >= 11 is 0. The molecule has 1 aliphatic carbocycles. The maximum Gasteiger partial charge on any atom is 0.121 e. The topological polar surface area (TPSA) is 35.6 Å². The second kappa shape index (κ2) is 5.31. The van der Waals surface area contributed by atoms with E-state index in [1.54, 1.807) is 13.0 Å². The lowest BCUT2D eigenvalue weighted by Crippen LogP contribution is -2.06. The highest BCUT2D eigenvalue weighted by Gasteiger charge is 2.16. The second-order valence-corrected chi connectivity index (χ2v) is 5.62. The van der Waals surface area contributed by atoms with Crippen LogP contribution in [0.15, 0.2) is 42.0 Å². The molecule has 0 saturated carbocycles. The third-order valence-electron chi connectivity index (χ3n) is 3.88. The summed E-state index contributed by atoms with van der Waals surface area (Å²) < 4.78 is 17.1. The number of aryl methyl sites for hydroxylation is 2. The Kier molecular flexibility index (Phi) is 3.49. The largest absolute Gasteiger partial charge is 0.270 e. The summed E-state index contributed by atoms with van der Waals surface area (Å²) in [5, 5.41) is 8.75. The number of halogens is 1. The molecular weight excluding hydrogens is 267 g/mol. The second-order valence-electron chi connectivity index (χ2n) is 5.62. The first-order chi connectivity index (χ1) is 10.0. The Morgan fingerprint density at radius 1 is 1.38 bits per heavy atom. The van der Waals surface area contributed by atoms with Crippen LogP contribution in [0.3, 0.4) is 0 Å². The highest BCUT2D eigenvalue weighted by molar-refractivity contribution is 5.34. The summed E-state index contributed by atoms with van der Waals surface area (Å²) in [6.07, 6.45) is 8.23. The van der Waals surface area contributed by atoms with E-state index in [9.17, 15) is 4.39 Å². The van der Waals surface area contributed by atoms with E-state index in [4.69, 9.17) is 0 Å². The summed E-state index contributed by atoms with van der Waals surface area (Å²) in [5.74, 6) is 0.107. The smallest absolute Gasteiger partial charge is 0.121 e. The molecule has 0 N–H and O–H groups in total. The van der Waals surface area contributed by atoms with Crippen LogP contribution in [0, 0.1) is 6.92 Å². The number of hydrogen-bond donors (Lipinski definition) is 0. The first-order valence-corrected chi connectivity index (χ1v) is 7.09. The molecule has 2 heterocycles. The molecule has 1 atom stereocenters. The molecule has 110 valence electrons. The van der Waals surface area contributed by atoms with Gasteiger partial charge in [-0.15, -0.1) is 0 Å². The molecule has 0 bridgehead atoms. The van der Waals surface area contributed by atoms with E-state index in [0.717, 1.165) is 17.0 Å². The van der Waals surface area contributed by atoms with Gasteiger partial charge in [0.15, 0.2) is 0 Å². The van der Waals surface area contributed by atoms with E-state index >= 15 is 0 Å². The minimum atomic E-state index is -0.107. The van der Waals surface area contributed by atoms with Gasteiger partial charge in [-0.2, -0.15) is 10.2 Å². The summed E-state index contributed by atoms with van der Waals surface area (Å²) in [6.45, 7) is 4.48. The van der Waals surface area contributed by atoms with Crippen molar-refractivity contribution < 1.29 is 4.39 Å². The van der Waals surface area contributed by atoms with Gasteiger partial charge in [0.1, 0.15) is 5.83 Å². The van der Waals surface area contributed by atoms with Crippen molar-refractivity contribution in [3.8, 4) is 0 Å². The quantitative estimate of drug-likeness (QED) is 0.868. The molecule has 0 saturated heterocycles. The molecule has 0 spiro atoms. The van der Waals surface area contributed by atoms with Crippen LogP contribution in [-0.2, 0) is 13.6 Å². The highest BCUT2D eigenvalue weighted by atomic mass is 19.1. The lowest BCUT2D eigenvalue weighted by molar-refractivity contribution is 0.616. The summed E-state index contributed by atoms with van der Waals surface area (Å²) in [5.41, 5.74) is 3.95. The lowest BCUT2D eigenvalue weighted by atomic mass is 9.91. The maximum absolute atomic E-state index is 13.4. The van der Waals surface area contributed by atoms with Crippen molar-refractivity contribution in [2.24, 2.45) is 7.05 Å². The van der Waals surface area contributed by atoms with E-state index in [1.807, 2.05) is 41.8 Å². The van der Waals surface area contributed by atoms with Crippen LogP contribution in [0.25, 0.3) is 0 Å². The van der Waals surface area contributed by atoms with Crippen molar-refractivity contribution in [1.82, 2.24) is 19.6 Å². The summed E-state index contributed by atoms with van der Waals surface area (Å²) in [6, 6.07) is 2.06. The fraction of sp³-hybridized carbons (Fsp3) is 0.375. The van der Waals surface area contributed by atoms with Crippen molar-refractivity contribution in [1.29, 1.82) is 0 Å². The zero-order valence-corrected chi connectivity index (χ0v) is 12.5. The Morgan fingerprint density at radius 2 is 2.19 bits per heavy atom. The van der Waals surface area contributed by atoms with Gasteiger partial charge in [-0.1, -0.05) is 6.08 Å². The number of hydrogen-bond acceptors (Lipinski definition) is 2. The molecule has 3 rings (SSSR count). The fourth-order valence-corrected chi connectivity index (χ4v) is 2.71. The summed E-state index contributed by atoms with van der Waals surface area (Å²) in [4.78, 5) is 0. The number of rotatable bonds is 3. The average molecular weight is 286 g/mol. The molecular formula is C16H19FN4. The van der Waals surface area contributed by atoms with Gasteiger partial charge in [-0.05, 0) is 43.5 Å². The molecule has 0 aliphatic heterocycles. The van der Waals surface area contributed by atoms with E-state index in [2.05, 4.69) is 16.3 Å². The van der Waals surface area contributed by atoms with Crippen molar-refractivity contribution in [3.05, 3.63) is 59.0 Å². The van der Waals surface area contributed by atoms with Gasteiger partial charge in [-0.25, -0.2) is 4.39 Å². The van der Waals surface area contributed by atoms with Gasteiger partial charge in [0, 0.05) is 19.2 Å². The minimum Gasteiger partial charge on any atom is -0.270 e. The van der Waals surface area contributed by atoms with Crippen molar-refractivity contribution >= 4 is 0 Å². The zero-order valence-electron chi connectivity index (χ0n) is 12.5. The minimum absolute atomic E-state index is 0.107. The molecule has 0 fully saturated rings. The number of nitrogens with zero attached hydrogens (tertiary/aromatic N) is 4. The molecule has 2 aromatic rings. The van der Waals surface area contributed by atoms with E-state index in [-0.39, 0.29) is 11.7 Å². The van der Waals surface area contributed by atoms with E-state index in [1.165, 1.54) is 0 Å². The molecule has 4 nitrogen and oxygen atoms in total. The van der Waals surface area contributed by atoms with Crippen molar-refractivity contribution in [2.75, 3.05) is 0 Å². The lowest BCUT2D eigenvalue weighted by Gasteiger charge is -2.14. The van der Waals surface area contributed by atoms with E-state index in [0.29, 0.717) is 18.5 Å². The fourth-order valence-electron chi connectivity index (χ4n) is 2.71. The third-order valence-corrected chi connectivity index (χ3v) is 3.88. The van der Waals surface area contributed by atoms with Gasteiger partial charge < -0.3 is 0 Å². The molecule has 1 aliphatic rings. The average Bonchev–Trinajstić information content (AvgIpc) is 3.01. The van der Waals surface area contributed by atoms with Crippen LogP contribution in [0.4, 0.5) is 4.39 Å². The number of aromatic nitrogens is 4. The zero-order chi connectivity index (χ0) is 15.0. The van der Waals surface area contributed by atoms with Crippen LogP contribution in [0.2, 0.25) is 0 Å². The molecule has 1 unspecified atom stereocenters. The van der Waals surface area contributed by atoms with Crippen molar-refractivity contribution in [3.63, 3.8) is 0 Å². The standard InChI is InChI=1S/C16H19FN4/c1-11-6-13(4-5-16(11)17)14-8-18-21(9-14)10-15-7-12(2)19-20(15)3/h5-9,13H,4,10H2,1-3H3. The van der Waals surface area contributed by atoms with Crippen molar-refractivity contribution in [2.45, 2.75) is 32.7 Å². The predicted molar refractivity (Wildman–Crippen MR) is 79.6 cm³/mol. The molecule has 0 amide bonds. The summed E-state index contributed by atoms with van der Waals surface area (Å²) in [7, 11) is 1.94.